The van der Waals surface area contributed by atoms with Crippen molar-refractivity contribution >= 4 is 0 Å². The number of hydrogen-bond donors (Lipinski definition) is 1. The number of rotatable bonds is 5. The highest BCUT2D eigenvalue weighted by atomic mass is 16.5. The van der Waals surface area contributed by atoms with Crippen LogP contribution in [0.5, 0.6) is 5.75 Å². The minimum absolute atomic E-state index is 0.325. The van der Waals surface area contributed by atoms with Crippen LogP contribution in [0.25, 0.3) is 5.69 Å². The minimum atomic E-state index is -0.405. The van der Waals surface area contributed by atoms with E-state index in [2.05, 4.69) is 20.5 Å². The predicted octanol–water partition coefficient (Wildman–Crippen LogP) is 1.80. The van der Waals surface area contributed by atoms with Crippen molar-refractivity contribution in [2.75, 3.05) is 0 Å². The van der Waals surface area contributed by atoms with Gasteiger partial charge in [-0.15, -0.1) is 0 Å². The van der Waals surface area contributed by atoms with Crippen LogP contribution < -0.4 is 10.4 Å². The molecule has 3 rings (SSSR count). The molecule has 23 heavy (non-hydrogen) atoms. The summed E-state index contributed by atoms with van der Waals surface area (Å²) in [7, 11) is 0. The Bertz CT molecular complexity index is 869. The Balaban J connectivity index is 1.99. The van der Waals surface area contributed by atoms with Crippen LogP contribution >= 0.6 is 0 Å². The molecule has 7 nitrogen and oxygen atoms in total. The molecule has 7 heteroatoms. The first-order valence-corrected chi connectivity index (χ1v) is 7.35. The Hall–Kier alpha value is -2.96. The molecule has 118 valence electrons. The number of benzene rings is 1. The molecular weight excluding hydrogens is 294 g/mol. The van der Waals surface area contributed by atoms with E-state index in [9.17, 15) is 4.79 Å². The van der Waals surface area contributed by atoms with Crippen LogP contribution in [0.2, 0.25) is 0 Å². The van der Waals surface area contributed by atoms with Crippen molar-refractivity contribution in [1.82, 2.24) is 25.2 Å². The van der Waals surface area contributed by atoms with E-state index in [4.69, 9.17) is 4.74 Å². The van der Waals surface area contributed by atoms with Crippen molar-refractivity contribution in [3.8, 4) is 11.4 Å². The molecule has 2 aromatic heterocycles. The van der Waals surface area contributed by atoms with Crippen LogP contribution in [0, 0.1) is 6.92 Å². The van der Waals surface area contributed by atoms with Crippen molar-refractivity contribution in [1.29, 1.82) is 0 Å². The molecule has 3 aromatic rings. The summed E-state index contributed by atoms with van der Waals surface area (Å²) in [5.74, 6) is 0.810. The maximum atomic E-state index is 11.8. The minimum Gasteiger partial charge on any atom is -0.489 e. The second-order valence-corrected chi connectivity index (χ2v) is 5.12. The van der Waals surface area contributed by atoms with Gasteiger partial charge in [-0.3, -0.25) is 4.98 Å². The second-order valence-electron chi connectivity index (χ2n) is 5.12. The summed E-state index contributed by atoms with van der Waals surface area (Å²) < 4.78 is 7.14. The predicted molar refractivity (Wildman–Crippen MR) is 84.7 cm³/mol. The monoisotopic (exact) mass is 311 g/mol. The van der Waals surface area contributed by atoms with Gasteiger partial charge in [0.2, 0.25) is 0 Å². The van der Waals surface area contributed by atoms with Gasteiger partial charge in [-0.05, 0) is 41.0 Å². The van der Waals surface area contributed by atoms with Gasteiger partial charge in [0.15, 0.2) is 0 Å². The lowest BCUT2D eigenvalue weighted by atomic mass is 10.1. The molecule has 0 atom stereocenters. The van der Waals surface area contributed by atoms with Crippen LogP contribution in [0.3, 0.4) is 0 Å². The van der Waals surface area contributed by atoms with E-state index in [1.54, 1.807) is 12.4 Å². The van der Waals surface area contributed by atoms with E-state index in [1.807, 2.05) is 38.1 Å². The molecule has 2 heterocycles. The number of nitrogens with zero attached hydrogens (tertiary/aromatic N) is 4. The number of ether oxygens (including phenoxy) is 1. The SMILES string of the molecule is CCc1cncc(-n2nn[nH]c2=O)c1COc1ccccc1C. The third kappa shape index (κ3) is 2.98. The molecule has 0 unspecified atom stereocenters. The fourth-order valence-electron chi connectivity index (χ4n) is 2.40. The number of H-pyrrole nitrogens is 1. The Labute approximate surface area is 132 Å². The molecule has 0 spiro atoms. The third-order valence-electron chi connectivity index (χ3n) is 3.67. The molecule has 0 amide bonds. The summed E-state index contributed by atoms with van der Waals surface area (Å²) in [5.41, 5.74) is 3.11. The summed E-state index contributed by atoms with van der Waals surface area (Å²) in [6.45, 7) is 4.35. The van der Waals surface area contributed by atoms with Gasteiger partial charge in [-0.1, -0.05) is 25.1 Å². The lowest BCUT2D eigenvalue weighted by Crippen LogP contribution is -2.19. The number of tetrazole rings is 1. The summed E-state index contributed by atoms with van der Waals surface area (Å²) in [6, 6.07) is 7.81. The average molecular weight is 311 g/mol. The fraction of sp³-hybridized carbons (Fsp3) is 0.250. The third-order valence-corrected chi connectivity index (χ3v) is 3.67. The van der Waals surface area contributed by atoms with Gasteiger partial charge in [0.25, 0.3) is 0 Å². The number of pyridine rings is 1. The number of aryl methyl sites for hydroxylation is 2. The van der Waals surface area contributed by atoms with E-state index in [0.717, 1.165) is 28.9 Å². The standard InChI is InChI=1S/C16H17N5O2/c1-3-12-8-17-9-14(21-16(22)18-19-20-21)13(12)10-23-15-7-5-4-6-11(15)2/h4-9H,3,10H2,1-2H3,(H,18,20,22). The topological polar surface area (TPSA) is 85.7 Å². The van der Waals surface area contributed by atoms with Crippen molar-refractivity contribution in [2.45, 2.75) is 26.9 Å². The van der Waals surface area contributed by atoms with Gasteiger partial charge in [-0.25, -0.2) is 9.89 Å². The van der Waals surface area contributed by atoms with E-state index in [1.165, 1.54) is 4.68 Å². The molecule has 0 fully saturated rings. The lowest BCUT2D eigenvalue weighted by Gasteiger charge is -2.14. The van der Waals surface area contributed by atoms with Gasteiger partial charge in [-0.2, -0.15) is 4.68 Å². The molecule has 1 N–H and O–H groups in total. The van der Waals surface area contributed by atoms with Gasteiger partial charge >= 0.3 is 5.69 Å². The summed E-state index contributed by atoms with van der Waals surface area (Å²) in [4.78, 5) is 16.0. The first kappa shape index (κ1) is 15.0. The van der Waals surface area contributed by atoms with Crippen LogP contribution in [0.1, 0.15) is 23.6 Å². The van der Waals surface area contributed by atoms with Crippen LogP contribution in [0.15, 0.2) is 41.5 Å². The highest BCUT2D eigenvalue weighted by Gasteiger charge is 2.14. The number of nitrogens with one attached hydrogen (secondary N) is 1. The highest BCUT2D eigenvalue weighted by molar-refractivity contribution is 5.43. The number of aromatic nitrogens is 5. The molecule has 0 bridgehead atoms. The number of hydrogen-bond acceptors (Lipinski definition) is 5. The second kappa shape index (κ2) is 6.43. The Morgan fingerprint density at radius 2 is 2.09 bits per heavy atom. The van der Waals surface area contributed by atoms with Gasteiger partial charge < -0.3 is 4.74 Å². The molecular formula is C16H17N5O2. The highest BCUT2D eigenvalue weighted by Crippen LogP contribution is 2.22. The molecule has 1 aromatic carbocycles. The van der Waals surface area contributed by atoms with Gasteiger partial charge in [0.1, 0.15) is 12.4 Å². The van der Waals surface area contributed by atoms with E-state index in [0.29, 0.717) is 12.3 Å². The average Bonchev–Trinajstić information content (AvgIpc) is 2.99. The van der Waals surface area contributed by atoms with E-state index < -0.39 is 5.69 Å². The van der Waals surface area contributed by atoms with Crippen molar-refractivity contribution in [2.24, 2.45) is 0 Å². The largest absolute Gasteiger partial charge is 0.489 e. The van der Waals surface area contributed by atoms with E-state index >= 15 is 0 Å². The molecule has 0 aliphatic carbocycles. The summed E-state index contributed by atoms with van der Waals surface area (Å²) in [6.07, 6.45) is 4.16. The fourth-order valence-corrected chi connectivity index (χ4v) is 2.40. The Morgan fingerprint density at radius 3 is 2.78 bits per heavy atom. The van der Waals surface area contributed by atoms with Crippen LogP contribution in [-0.2, 0) is 13.0 Å². The molecule has 0 saturated carbocycles. The molecule has 0 aliphatic rings. The maximum absolute atomic E-state index is 11.8. The number of aromatic amines is 1. The first-order valence-electron chi connectivity index (χ1n) is 7.35. The quantitative estimate of drug-likeness (QED) is 0.776. The van der Waals surface area contributed by atoms with Crippen LogP contribution in [-0.4, -0.2) is 25.2 Å². The van der Waals surface area contributed by atoms with Crippen molar-refractivity contribution < 1.29 is 4.74 Å². The molecule has 0 saturated heterocycles. The van der Waals surface area contributed by atoms with Gasteiger partial charge in [0.05, 0.1) is 11.9 Å². The molecule has 0 aliphatic heterocycles. The maximum Gasteiger partial charge on any atom is 0.365 e. The van der Waals surface area contributed by atoms with Crippen molar-refractivity contribution in [3.05, 3.63) is 63.8 Å². The Kier molecular flexibility index (Phi) is 4.18. The normalized spacial score (nSPS) is 10.7. The molecule has 0 radical (unpaired) electrons. The zero-order valence-corrected chi connectivity index (χ0v) is 13.0. The summed E-state index contributed by atoms with van der Waals surface area (Å²) >= 11 is 0. The first-order chi connectivity index (χ1) is 11.2. The Morgan fingerprint density at radius 1 is 1.26 bits per heavy atom. The zero-order chi connectivity index (χ0) is 16.2. The van der Waals surface area contributed by atoms with Crippen molar-refractivity contribution in [3.63, 3.8) is 0 Å². The van der Waals surface area contributed by atoms with Gasteiger partial charge in [0, 0.05) is 11.8 Å². The van der Waals surface area contributed by atoms with Crippen LogP contribution in [0.4, 0.5) is 0 Å². The van der Waals surface area contributed by atoms with E-state index in [-0.39, 0.29) is 0 Å². The zero-order valence-electron chi connectivity index (χ0n) is 13.0. The smallest absolute Gasteiger partial charge is 0.365 e. The number of para-hydroxylation sites is 1. The lowest BCUT2D eigenvalue weighted by molar-refractivity contribution is 0.302. The summed E-state index contributed by atoms with van der Waals surface area (Å²) in [5, 5.41) is 9.62.